The van der Waals surface area contributed by atoms with Crippen LogP contribution < -0.4 is 5.32 Å². The second-order valence-electron chi connectivity index (χ2n) is 4.92. The maximum Gasteiger partial charge on any atom is 0.263 e. The molecule has 1 N–H and O–H groups in total. The van der Waals surface area contributed by atoms with E-state index in [0.717, 1.165) is 23.5 Å². The van der Waals surface area contributed by atoms with Gasteiger partial charge >= 0.3 is 0 Å². The van der Waals surface area contributed by atoms with E-state index in [2.05, 4.69) is 15.3 Å². The first kappa shape index (κ1) is 15.7. The van der Waals surface area contributed by atoms with Crippen LogP contribution in [0.25, 0.3) is 10.6 Å². The Kier molecular flexibility index (Phi) is 5.05. The van der Waals surface area contributed by atoms with E-state index in [1.54, 1.807) is 18.7 Å². The number of aryl methyl sites for hydroxylation is 1. The van der Waals surface area contributed by atoms with Gasteiger partial charge in [0.05, 0.1) is 17.5 Å². The van der Waals surface area contributed by atoms with Gasteiger partial charge in [0.1, 0.15) is 9.88 Å². The topological polar surface area (TPSA) is 59.8 Å². The number of rotatable bonds is 6. The molecular formula is C16H15ClN4OS. The summed E-state index contributed by atoms with van der Waals surface area (Å²) in [7, 11) is 0. The number of nitrogens with zero attached hydrogens (tertiary/aromatic N) is 3. The number of carbonyl (C=O) groups excluding carboxylic acids is 1. The molecule has 2 heterocycles. The zero-order valence-electron chi connectivity index (χ0n) is 12.3. The molecule has 0 spiro atoms. The van der Waals surface area contributed by atoms with Crippen molar-refractivity contribution in [2.24, 2.45) is 0 Å². The van der Waals surface area contributed by atoms with Crippen LogP contribution in [0.2, 0.25) is 5.02 Å². The molecule has 0 aliphatic heterocycles. The molecule has 7 heteroatoms. The van der Waals surface area contributed by atoms with Crippen LogP contribution in [0.3, 0.4) is 0 Å². The summed E-state index contributed by atoms with van der Waals surface area (Å²) in [4.78, 5) is 21.0. The Labute approximate surface area is 143 Å². The molecule has 23 heavy (non-hydrogen) atoms. The first-order valence-corrected chi connectivity index (χ1v) is 8.38. The van der Waals surface area contributed by atoms with Gasteiger partial charge in [0.2, 0.25) is 0 Å². The highest BCUT2D eigenvalue weighted by Crippen LogP contribution is 2.30. The Hall–Kier alpha value is -2.18. The van der Waals surface area contributed by atoms with Gasteiger partial charge in [-0.25, -0.2) is 9.97 Å². The number of hydrogen-bond donors (Lipinski definition) is 1. The van der Waals surface area contributed by atoms with Crippen LogP contribution in [0.1, 0.15) is 16.1 Å². The van der Waals surface area contributed by atoms with Crippen molar-refractivity contribution in [2.45, 2.75) is 13.0 Å². The van der Waals surface area contributed by atoms with Gasteiger partial charge in [-0.2, -0.15) is 0 Å². The average molecular weight is 347 g/mol. The van der Waals surface area contributed by atoms with Crippen LogP contribution in [0.4, 0.5) is 0 Å². The minimum absolute atomic E-state index is 0.105. The SMILES string of the molecule is O=C(NCCCn1ccnc1)c1cnc(-c2ccccc2Cl)s1. The smallest absolute Gasteiger partial charge is 0.263 e. The molecule has 1 amide bonds. The molecule has 3 aromatic rings. The number of nitrogens with one attached hydrogen (secondary N) is 1. The van der Waals surface area contributed by atoms with E-state index in [1.807, 2.05) is 35.0 Å². The molecule has 0 aliphatic carbocycles. The fraction of sp³-hybridized carbons (Fsp3) is 0.188. The van der Waals surface area contributed by atoms with Crippen molar-refractivity contribution in [1.29, 1.82) is 0 Å². The fourth-order valence-electron chi connectivity index (χ4n) is 2.11. The zero-order chi connectivity index (χ0) is 16.1. The van der Waals surface area contributed by atoms with Crippen molar-refractivity contribution < 1.29 is 4.79 Å². The number of thiazole rings is 1. The third-order valence-electron chi connectivity index (χ3n) is 3.27. The maximum atomic E-state index is 12.1. The summed E-state index contributed by atoms with van der Waals surface area (Å²) >= 11 is 7.50. The van der Waals surface area contributed by atoms with Crippen molar-refractivity contribution in [3.05, 3.63) is 59.1 Å². The summed E-state index contributed by atoms with van der Waals surface area (Å²) in [6.07, 6.45) is 7.85. The summed E-state index contributed by atoms with van der Waals surface area (Å²) in [5.41, 5.74) is 0.846. The highest BCUT2D eigenvalue weighted by molar-refractivity contribution is 7.17. The molecule has 0 fully saturated rings. The lowest BCUT2D eigenvalue weighted by molar-refractivity contribution is 0.0956. The standard InChI is InChI=1S/C16H15ClN4OS/c17-13-5-2-1-4-12(13)16-20-10-14(23-16)15(22)19-6-3-8-21-9-7-18-11-21/h1-2,4-5,7,9-11H,3,6,8H2,(H,19,22). The van der Waals surface area contributed by atoms with Crippen molar-refractivity contribution >= 4 is 28.8 Å². The second kappa shape index (κ2) is 7.39. The maximum absolute atomic E-state index is 12.1. The molecule has 5 nitrogen and oxygen atoms in total. The highest BCUT2D eigenvalue weighted by atomic mass is 35.5. The first-order valence-electron chi connectivity index (χ1n) is 7.19. The molecular weight excluding hydrogens is 332 g/mol. The van der Waals surface area contributed by atoms with E-state index in [1.165, 1.54) is 11.3 Å². The minimum atomic E-state index is -0.105. The fourth-order valence-corrected chi connectivity index (χ4v) is 3.26. The molecule has 2 aromatic heterocycles. The third-order valence-corrected chi connectivity index (χ3v) is 4.63. The van der Waals surface area contributed by atoms with Gasteiger partial charge in [0, 0.05) is 31.0 Å². The Balaban J connectivity index is 1.55. The van der Waals surface area contributed by atoms with Crippen molar-refractivity contribution in [2.75, 3.05) is 6.54 Å². The highest BCUT2D eigenvalue weighted by Gasteiger charge is 2.12. The van der Waals surface area contributed by atoms with Crippen molar-refractivity contribution in [3.8, 4) is 10.6 Å². The molecule has 0 atom stereocenters. The number of hydrogen-bond acceptors (Lipinski definition) is 4. The van der Waals surface area contributed by atoms with Gasteiger partial charge in [-0.1, -0.05) is 29.8 Å². The summed E-state index contributed by atoms with van der Waals surface area (Å²) in [6.45, 7) is 1.43. The van der Waals surface area contributed by atoms with Crippen LogP contribution in [-0.2, 0) is 6.54 Å². The molecule has 1 aromatic carbocycles. The minimum Gasteiger partial charge on any atom is -0.351 e. The van der Waals surface area contributed by atoms with Gasteiger partial charge in [0.25, 0.3) is 5.91 Å². The van der Waals surface area contributed by atoms with Gasteiger partial charge < -0.3 is 9.88 Å². The third kappa shape index (κ3) is 3.97. The average Bonchev–Trinajstić information content (AvgIpc) is 3.23. The summed E-state index contributed by atoms with van der Waals surface area (Å²) < 4.78 is 1.98. The number of amides is 1. The lowest BCUT2D eigenvalue weighted by Gasteiger charge is -2.04. The van der Waals surface area contributed by atoms with Crippen LogP contribution in [0.15, 0.2) is 49.2 Å². The monoisotopic (exact) mass is 346 g/mol. The van der Waals surface area contributed by atoms with Crippen LogP contribution in [0.5, 0.6) is 0 Å². The number of aromatic nitrogens is 3. The van der Waals surface area contributed by atoms with Gasteiger partial charge in [0.15, 0.2) is 0 Å². The van der Waals surface area contributed by atoms with E-state index in [-0.39, 0.29) is 5.91 Å². The van der Waals surface area contributed by atoms with Gasteiger partial charge in [-0.3, -0.25) is 4.79 Å². The van der Waals surface area contributed by atoms with Gasteiger partial charge in [-0.15, -0.1) is 11.3 Å². The number of benzene rings is 1. The Morgan fingerprint density at radius 2 is 2.22 bits per heavy atom. The van der Waals surface area contributed by atoms with Crippen molar-refractivity contribution in [1.82, 2.24) is 19.9 Å². The van der Waals surface area contributed by atoms with E-state index in [9.17, 15) is 4.79 Å². The molecule has 0 saturated carbocycles. The number of carbonyl (C=O) groups is 1. The molecule has 3 rings (SSSR count). The van der Waals surface area contributed by atoms with Crippen molar-refractivity contribution in [3.63, 3.8) is 0 Å². The Bertz CT molecular complexity index is 785. The largest absolute Gasteiger partial charge is 0.351 e. The zero-order valence-corrected chi connectivity index (χ0v) is 13.8. The predicted molar refractivity (Wildman–Crippen MR) is 91.7 cm³/mol. The normalized spacial score (nSPS) is 10.7. The molecule has 118 valence electrons. The van der Waals surface area contributed by atoms with E-state index >= 15 is 0 Å². The number of halogens is 1. The van der Waals surface area contributed by atoms with E-state index in [0.29, 0.717) is 16.4 Å². The lowest BCUT2D eigenvalue weighted by Crippen LogP contribution is -2.24. The molecule has 0 unspecified atom stereocenters. The molecule has 0 radical (unpaired) electrons. The molecule has 0 bridgehead atoms. The second-order valence-corrected chi connectivity index (χ2v) is 6.36. The van der Waals surface area contributed by atoms with Crippen LogP contribution in [0, 0.1) is 0 Å². The molecule has 0 aliphatic rings. The summed E-state index contributed by atoms with van der Waals surface area (Å²) in [6, 6.07) is 7.48. The van der Waals surface area contributed by atoms with E-state index < -0.39 is 0 Å². The number of imidazole rings is 1. The van der Waals surface area contributed by atoms with Crippen LogP contribution in [-0.4, -0.2) is 27.0 Å². The molecule has 0 saturated heterocycles. The Morgan fingerprint density at radius 3 is 3.00 bits per heavy atom. The lowest BCUT2D eigenvalue weighted by atomic mass is 10.2. The quantitative estimate of drug-likeness (QED) is 0.695. The van der Waals surface area contributed by atoms with Gasteiger partial charge in [-0.05, 0) is 12.5 Å². The Morgan fingerprint density at radius 1 is 1.35 bits per heavy atom. The van der Waals surface area contributed by atoms with Crippen LogP contribution >= 0.6 is 22.9 Å². The summed E-state index contributed by atoms with van der Waals surface area (Å²) in [5, 5.41) is 4.29. The first-order chi connectivity index (χ1) is 11.2. The predicted octanol–water partition coefficient (Wildman–Crippen LogP) is 3.48. The summed E-state index contributed by atoms with van der Waals surface area (Å²) in [5.74, 6) is -0.105. The van der Waals surface area contributed by atoms with E-state index in [4.69, 9.17) is 11.6 Å².